The standard InChI is InChI=1S/C21H21F2N3O4S/c1-11-5-12(2)7-15(6-11)21-25-18(10-30-21)20(27)24-13(3)14-8-16(22)19(17(23)9-14)26-31(4,28)29/h5-10,13,26H,1-4H3,(H,24,27)/t13-/m1/s1. The first-order valence-corrected chi connectivity index (χ1v) is 11.1. The van der Waals surface area contributed by atoms with E-state index in [-0.39, 0.29) is 17.1 Å². The predicted molar refractivity (Wildman–Crippen MR) is 112 cm³/mol. The number of oxazole rings is 1. The monoisotopic (exact) mass is 449 g/mol. The third-order valence-electron chi connectivity index (χ3n) is 4.40. The fourth-order valence-corrected chi connectivity index (χ4v) is 3.65. The molecule has 0 aliphatic rings. The minimum Gasteiger partial charge on any atom is -0.444 e. The van der Waals surface area contributed by atoms with Crippen LogP contribution in [0, 0.1) is 25.5 Å². The van der Waals surface area contributed by atoms with Crippen LogP contribution >= 0.6 is 0 Å². The highest BCUT2D eigenvalue weighted by atomic mass is 32.2. The second-order valence-corrected chi connectivity index (χ2v) is 9.09. The quantitative estimate of drug-likeness (QED) is 0.590. The number of nitrogens with zero attached hydrogens (tertiary/aromatic N) is 1. The minimum absolute atomic E-state index is 0.0114. The number of carbonyl (C=O) groups is 1. The number of aryl methyl sites for hydroxylation is 2. The maximum atomic E-state index is 14.2. The van der Waals surface area contributed by atoms with Crippen LogP contribution in [-0.4, -0.2) is 25.6 Å². The molecular weight excluding hydrogens is 428 g/mol. The Hall–Kier alpha value is -3.27. The smallest absolute Gasteiger partial charge is 0.273 e. The Labute approximate surface area is 178 Å². The Balaban J connectivity index is 1.77. The molecule has 3 aromatic rings. The largest absolute Gasteiger partial charge is 0.444 e. The van der Waals surface area contributed by atoms with Gasteiger partial charge in [-0.1, -0.05) is 17.2 Å². The van der Waals surface area contributed by atoms with Gasteiger partial charge in [0.15, 0.2) is 17.3 Å². The van der Waals surface area contributed by atoms with Gasteiger partial charge in [0.2, 0.25) is 15.9 Å². The maximum Gasteiger partial charge on any atom is 0.273 e. The van der Waals surface area contributed by atoms with Crippen LogP contribution in [0.25, 0.3) is 11.5 Å². The second-order valence-electron chi connectivity index (χ2n) is 7.34. The van der Waals surface area contributed by atoms with E-state index in [4.69, 9.17) is 4.42 Å². The van der Waals surface area contributed by atoms with Crippen LogP contribution in [0.3, 0.4) is 0 Å². The summed E-state index contributed by atoms with van der Waals surface area (Å²) in [6.07, 6.45) is 1.99. The molecular formula is C21H21F2N3O4S. The molecule has 164 valence electrons. The Morgan fingerprint density at radius 1 is 1.06 bits per heavy atom. The normalized spacial score (nSPS) is 12.5. The highest BCUT2D eigenvalue weighted by Gasteiger charge is 2.20. The van der Waals surface area contributed by atoms with Gasteiger partial charge in [-0.2, -0.15) is 0 Å². The van der Waals surface area contributed by atoms with Gasteiger partial charge in [-0.05, 0) is 50.6 Å². The van der Waals surface area contributed by atoms with Gasteiger partial charge in [-0.3, -0.25) is 9.52 Å². The lowest BCUT2D eigenvalue weighted by Crippen LogP contribution is -2.27. The van der Waals surface area contributed by atoms with E-state index in [1.165, 1.54) is 13.2 Å². The van der Waals surface area contributed by atoms with E-state index >= 15 is 0 Å². The summed E-state index contributed by atoms with van der Waals surface area (Å²) >= 11 is 0. The first-order chi connectivity index (χ1) is 14.4. The van der Waals surface area contributed by atoms with Crippen LogP contribution in [-0.2, 0) is 10.0 Å². The number of aromatic nitrogens is 1. The van der Waals surface area contributed by atoms with E-state index in [0.717, 1.165) is 35.1 Å². The minimum atomic E-state index is -3.85. The zero-order valence-electron chi connectivity index (χ0n) is 17.3. The Bertz CT molecular complexity index is 1210. The Kier molecular flexibility index (Phi) is 6.12. The molecule has 2 aromatic carbocycles. The molecule has 31 heavy (non-hydrogen) atoms. The van der Waals surface area contributed by atoms with Crippen molar-refractivity contribution in [3.8, 4) is 11.5 Å². The molecule has 0 radical (unpaired) electrons. The fraction of sp³-hybridized carbons (Fsp3) is 0.238. The molecule has 1 aromatic heterocycles. The van der Waals surface area contributed by atoms with Crippen LogP contribution in [0.1, 0.15) is 40.1 Å². The lowest BCUT2D eigenvalue weighted by Gasteiger charge is -2.15. The van der Waals surface area contributed by atoms with Gasteiger partial charge in [-0.25, -0.2) is 22.2 Å². The summed E-state index contributed by atoms with van der Waals surface area (Å²) in [7, 11) is -3.85. The number of halogens is 2. The van der Waals surface area contributed by atoms with E-state index in [2.05, 4.69) is 10.3 Å². The van der Waals surface area contributed by atoms with E-state index in [9.17, 15) is 22.0 Å². The van der Waals surface area contributed by atoms with Gasteiger partial charge in [0, 0.05) is 5.56 Å². The van der Waals surface area contributed by atoms with Crippen molar-refractivity contribution < 1.29 is 26.4 Å². The summed E-state index contributed by atoms with van der Waals surface area (Å²) in [6, 6.07) is 6.86. The SMILES string of the molecule is Cc1cc(C)cc(-c2nc(C(=O)N[C@H](C)c3cc(F)c(NS(C)(=O)=O)c(F)c3)co2)c1. The number of hydrogen-bond acceptors (Lipinski definition) is 5. The van der Waals surface area contributed by atoms with Crippen molar-refractivity contribution in [2.24, 2.45) is 0 Å². The molecule has 0 unspecified atom stereocenters. The Morgan fingerprint density at radius 3 is 2.19 bits per heavy atom. The predicted octanol–water partition coefficient (Wildman–Crippen LogP) is 4.10. The molecule has 0 saturated carbocycles. The molecule has 7 nitrogen and oxygen atoms in total. The zero-order valence-corrected chi connectivity index (χ0v) is 18.1. The summed E-state index contributed by atoms with van der Waals surface area (Å²) in [4.78, 5) is 16.7. The van der Waals surface area contributed by atoms with E-state index in [1.807, 2.05) is 32.0 Å². The molecule has 0 bridgehead atoms. The Morgan fingerprint density at radius 2 is 1.65 bits per heavy atom. The first-order valence-electron chi connectivity index (χ1n) is 9.24. The van der Waals surface area contributed by atoms with E-state index in [1.54, 1.807) is 4.72 Å². The summed E-state index contributed by atoms with van der Waals surface area (Å²) in [6.45, 7) is 5.40. The zero-order chi connectivity index (χ0) is 22.9. The average Bonchev–Trinajstić information content (AvgIpc) is 3.13. The van der Waals surface area contributed by atoms with Crippen molar-refractivity contribution in [3.05, 3.63) is 70.6 Å². The molecule has 0 aliphatic carbocycles. The van der Waals surface area contributed by atoms with E-state index in [0.29, 0.717) is 0 Å². The summed E-state index contributed by atoms with van der Waals surface area (Å²) in [5, 5.41) is 2.59. The number of amides is 1. The molecule has 0 fully saturated rings. The number of benzene rings is 2. The van der Waals surface area contributed by atoms with Crippen molar-refractivity contribution in [3.63, 3.8) is 0 Å². The molecule has 0 spiro atoms. The highest BCUT2D eigenvalue weighted by molar-refractivity contribution is 7.92. The van der Waals surface area contributed by atoms with Gasteiger partial charge in [0.25, 0.3) is 5.91 Å². The second kappa shape index (κ2) is 8.46. The summed E-state index contributed by atoms with van der Waals surface area (Å²) < 4.78 is 58.1. The lowest BCUT2D eigenvalue weighted by molar-refractivity contribution is 0.0934. The van der Waals surface area contributed by atoms with Crippen molar-refractivity contribution in [1.29, 1.82) is 0 Å². The van der Waals surface area contributed by atoms with Crippen molar-refractivity contribution in [2.45, 2.75) is 26.8 Å². The first kappa shape index (κ1) is 22.4. The molecule has 10 heteroatoms. The molecule has 1 amide bonds. The molecule has 3 rings (SSSR count). The van der Waals surface area contributed by atoms with Gasteiger partial charge in [-0.15, -0.1) is 0 Å². The number of nitrogens with one attached hydrogen (secondary N) is 2. The highest BCUT2D eigenvalue weighted by Crippen LogP contribution is 2.26. The van der Waals surface area contributed by atoms with Gasteiger partial charge >= 0.3 is 0 Å². The third-order valence-corrected chi connectivity index (χ3v) is 4.98. The number of sulfonamides is 1. The number of hydrogen-bond donors (Lipinski definition) is 2. The van der Waals surface area contributed by atoms with Gasteiger partial charge in [0.05, 0.1) is 12.3 Å². The number of rotatable bonds is 6. The molecule has 2 N–H and O–H groups in total. The number of carbonyl (C=O) groups excluding carboxylic acids is 1. The average molecular weight is 449 g/mol. The van der Waals surface area contributed by atoms with Crippen LogP contribution in [0.15, 0.2) is 41.0 Å². The van der Waals surface area contributed by atoms with Gasteiger partial charge < -0.3 is 9.73 Å². The molecule has 0 saturated heterocycles. The third kappa shape index (κ3) is 5.46. The topological polar surface area (TPSA) is 101 Å². The molecule has 0 aliphatic heterocycles. The molecule has 1 atom stereocenters. The summed E-state index contributed by atoms with van der Waals surface area (Å²) in [5.74, 6) is -2.51. The van der Waals surface area contributed by atoms with E-state index < -0.39 is 39.3 Å². The fourth-order valence-electron chi connectivity index (χ4n) is 3.09. The molecule has 1 heterocycles. The van der Waals surface area contributed by atoms with Crippen LogP contribution in [0.4, 0.5) is 14.5 Å². The van der Waals surface area contributed by atoms with Crippen LogP contribution in [0.2, 0.25) is 0 Å². The number of anilines is 1. The van der Waals surface area contributed by atoms with Crippen LogP contribution < -0.4 is 10.0 Å². The van der Waals surface area contributed by atoms with Crippen molar-refractivity contribution in [1.82, 2.24) is 10.3 Å². The van der Waals surface area contributed by atoms with Crippen molar-refractivity contribution in [2.75, 3.05) is 11.0 Å². The summed E-state index contributed by atoms with van der Waals surface area (Å²) in [5.41, 5.74) is 2.11. The van der Waals surface area contributed by atoms with Gasteiger partial charge in [0.1, 0.15) is 12.0 Å². The van der Waals surface area contributed by atoms with Crippen LogP contribution in [0.5, 0.6) is 0 Å². The maximum absolute atomic E-state index is 14.2. The lowest BCUT2D eigenvalue weighted by atomic mass is 10.1. The van der Waals surface area contributed by atoms with Crippen molar-refractivity contribution >= 4 is 21.6 Å².